The number of ether oxygens (including phenoxy) is 1. The Labute approximate surface area is 156 Å². The molecule has 2 aromatic rings. The summed E-state index contributed by atoms with van der Waals surface area (Å²) >= 11 is 0. The highest BCUT2D eigenvalue weighted by Crippen LogP contribution is 2.19. The van der Waals surface area contributed by atoms with Crippen LogP contribution in [0.5, 0.6) is 11.6 Å². The van der Waals surface area contributed by atoms with Crippen molar-refractivity contribution in [1.29, 1.82) is 0 Å². The molecule has 0 radical (unpaired) electrons. The smallest absolute Gasteiger partial charge is 0.219 e. The molecule has 0 aliphatic rings. The second kappa shape index (κ2) is 10.1. The molecule has 0 saturated heterocycles. The summed E-state index contributed by atoms with van der Waals surface area (Å²) in [5.74, 6) is 1.31. The lowest BCUT2D eigenvalue weighted by Crippen LogP contribution is -2.31. The highest BCUT2D eigenvalue weighted by atomic mass is 32.2. The fourth-order valence-corrected chi connectivity index (χ4v) is 2.96. The molecule has 6 nitrogen and oxygen atoms in total. The molecule has 2 rings (SSSR count). The van der Waals surface area contributed by atoms with Crippen molar-refractivity contribution in [3.05, 3.63) is 48.7 Å². The lowest BCUT2D eigenvalue weighted by Gasteiger charge is -2.10. The van der Waals surface area contributed by atoms with E-state index in [9.17, 15) is 8.42 Å². The zero-order chi connectivity index (χ0) is 18.8. The number of unbranched alkanes of at least 4 members (excludes halogenated alkanes) is 2. The molecule has 0 aliphatic heterocycles. The maximum absolute atomic E-state index is 11.6. The van der Waals surface area contributed by atoms with Gasteiger partial charge in [0, 0.05) is 19.2 Å². The Morgan fingerprint density at radius 3 is 2.38 bits per heavy atom. The molecule has 0 saturated carbocycles. The van der Waals surface area contributed by atoms with Crippen molar-refractivity contribution >= 4 is 15.7 Å². The minimum atomic E-state index is -3.15. The standard InChI is InChI=1S/C19H27N3O3S/c1-16(2)26(23,24)22-14-8-4-7-13-20-17-11-12-19(21-15-17)25-18-9-5-3-6-10-18/h3,5-6,9-12,15-16,20,22H,4,7-8,13-14H2,1-2H3. The second-order valence-electron chi connectivity index (χ2n) is 6.28. The van der Waals surface area contributed by atoms with Crippen LogP contribution in [-0.4, -0.2) is 31.7 Å². The van der Waals surface area contributed by atoms with E-state index in [1.54, 1.807) is 20.0 Å². The predicted octanol–water partition coefficient (Wildman–Crippen LogP) is 3.78. The molecule has 0 unspecified atom stereocenters. The Kier molecular flexibility index (Phi) is 7.87. The van der Waals surface area contributed by atoms with E-state index in [-0.39, 0.29) is 5.25 Å². The molecule has 1 aromatic heterocycles. The monoisotopic (exact) mass is 377 g/mol. The number of nitrogens with one attached hydrogen (secondary N) is 2. The summed E-state index contributed by atoms with van der Waals surface area (Å²) in [6, 6.07) is 13.3. The Hall–Kier alpha value is -2.12. The van der Waals surface area contributed by atoms with Crippen LogP contribution in [0.4, 0.5) is 5.69 Å². The summed E-state index contributed by atoms with van der Waals surface area (Å²) in [7, 11) is -3.15. The van der Waals surface area contributed by atoms with Crippen LogP contribution in [0, 0.1) is 0 Å². The van der Waals surface area contributed by atoms with E-state index >= 15 is 0 Å². The van der Waals surface area contributed by atoms with Gasteiger partial charge in [-0.3, -0.25) is 0 Å². The Morgan fingerprint density at radius 2 is 1.73 bits per heavy atom. The quantitative estimate of drug-likeness (QED) is 0.583. The number of para-hydroxylation sites is 1. The van der Waals surface area contributed by atoms with Gasteiger partial charge < -0.3 is 10.1 Å². The lowest BCUT2D eigenvalue weighted by molar-refractivity contribution is 0.463. The van der Waals surface area contributed by atoms with Gasteiger partial charge in [0.15, 0.2) is 0 Å². The minimum absolute atomic E-state index is 0.384. The van der Waals surface area contributed by atoms with Gasteiger partial charge in [0.1, 0.15) is 5.75 Å². The first-order chi connectivity index (χ1) is 12.5. The number of aromatic nitrogens is 1. The van der Waals surface area contributed by atoms with Gasteiger partial charge in [0.25, 0.3) is 0 Å². The maximum Gasteiger partial charge on any atom is 0.219 e. The molecule has 0 atom stereocenters. The van der Waals surface area contributed by atoms with Gasteiger partial charge >= 0.3 is 0 Å². The van der Waals surface area contributed by atoms with Crippen molar-refractivity contribution < 1.29 is 13.2 Å². The Bertz CT molecular complexity index is 747. The van der Waals surface area contributed by atoms with Crippen LogP contribution in [0.15, 0.2) is 48.7 Å². The molecule has 0 fully saturated rings. The van der Waals surface area contributed by atoms with Crippen LogP contribution in [0.3, 0.4) is 0 Å². The molecular weight excluding hydrogens is 350 g/mol. The molecule has 1 aromatic carbocycles. The molecule has 0 spiro atoms. The zero-order valence-corrected chi connectivity index (χ0v) is 16.1. The first-order valence-corrected chi connectivity index (χ1v) is 10.4. The highest BCUT2D eigenvalue weighted by Gasteiger charge is 2.13. The number of benzene rings is 1. The first-order valence-electron chi connectivity index (χ1n) is 8.89. The number of hydrogen-bond donors (Lipinski definition) is 2. The van der Waals surface area contributed by atoms with Gasteiger partial charge in [-0.25, -0.2) is 18.1 Å². The van der Waals surface area contributed by atoms with Crippen molar-refractivity contribution in [3.8, 4) is 11.6 Å². The molecule has 7 heteroatoms. The number of pyridine rings is 1. The maximum atomic E-state index is 11.6. The third kappa shape index (κ3) is 7.01. The summed E-state index contributed by atoms with van der Waals surface area (Å²) in [6.45, 7) is 4.66. The van der Waals surface area contributed by atoms with Crippen molar-refractivity contribution in [1.82, 2.24) is 9.71 Å². The molecule has 0 aliphatic carbocycles. The lowest BCUT2D eigenvalue weighted by atomic mass is 10.2. The number of hydrogen-bond acceptors (Lipinski definition) is 5. The molecule has 0 bridgehead atoms. The summed E-state index contributed by atoms with van der Waals surface area (Å²) in [6.07, 6.45) is 4.49. The van der Waals surface area contributed by atoms with E-state index in [0.29, 0.717) is 12.4 Å². The SMILES string of the molecule is CC(C)S(=O)(=O)NCCCCCNc1ccc(Oc2ccccc2)nc1. The van der Waals surface area contributed by atoms with E-state index in [2.05, 4.69) is 15.0 Å². The van der Waals surface area contributed by atoms with Crippen LogP contribution in [-0.2, 0) is 10.0 Å². The van der Waals surface area contributed by atoms with Crippen LogP contribution in [0.2, 0.25) is 0 Å². The summed E-state index contributed by atoms with van der Waals surface area (Å²) in [4.78, 5) is 4.28. The largest absolute Gasteiger partial charge is 0.439 e. The Morgan fingerprint density at radius 1 is 1.00 bits per heavy atom. The van der Waals surface area contributed by atoms with Gasteiger partial charge in [0.05, 0.1) is 17.1 Å². The highest BCUT2D eigenvalue weighted by molar-refractivity contribution is 7.90. The van der Waals surface area contributed by atoms with Crippen LogP contribution in [0.1, 0.15) is 33.1 Å². The van der Waals surface area contributed by atoms with Crippen molar-refractivity contribution in [3.63, 3.8) is 0 Å². The van der Waals surface area contributed by atoms with Crippen LogP contribution in [0.25, 0.3) is 0 Å². The molecule has 2 N–H and O–H groups in total. The van der Waals surface area contributed by atoms with Gasteiger partial charge in [0.2, 0.25) is 15.9 Å². The van der Waals surface area contributed by atoms with Crippen LogP contribution >= 0.6 is 0 Å². The predicted molar refractivity (Wildman–Crippen MR) is 105 cm³/mol. The van der Waals surface area contributed by atoms with Gasteiger partial charge in [-0.15, -0.1) is 0 Å². The third-order valence-electron chi connectivity index (χ3n) is 3.81. The molecule has 142 valence electrons. The summed E-state index contributed by atoms with van der Waals surface area (Å²) in [5, 5.41) is 2.92. The third-order valence-corrected chi connectivity index (χ3v) is 5.66. The normalized spacial score (nSPS) is 11.5. The van der Waals surface area contributed by atoms with E-state index in [0.717, 1.165) is 37.2 Å². The fraction of sp³-hybridized carbons (Fsp3) is 0.421. The zero-order valence-electron chi connectivity index (χ0n) is 15.3. The van der Waals surface area contributed by atoms with E-state index in [4.69, 9.17) is 4.74 Å². The molecule has 26 heavy (non-hydrogen) atoms. The minimum Gasteiger partial charge on any atom is -0.439 e. The summed E-state index contributed by atoms with van der Waals surface area (Å²) < 4.78 is 31.5. The van der Waals surface area contributed by atoms with Gasteiger partial charge in [-0.1, -0.05) is 24.6 Å². The van der Waals surface area contributed by atoms with Gasteiger partial charge in [-0.05, 0) is 44.9 Å². The van der Waals surface area contributed by atoms with E-state index in [1.807, 2.05) is 42.5 Å². The average Bonchev–Trinajstić information content (AvgIpc) is 2.63. The number of nitrogens with zero attached hydrogens (tertiary/aromatic N) is 1. The number of anilines is 1. The second-order valence-corrected chi connectivity index (χ2v) is 8.60. The van der Waals surface area contributed by atoms with Crippen LogP contribution < -0.4 is 14.8 Å². The fourth-order valence-electron chi connectivity index (χ4n) is 2.20. The van der Waals surface area contributed by atoms with Crippen molar-refractivity contribution in [2.45, 2.75) is 38.4 Å². The molecule has 1 heterocycles. The molecular formula is C19H27N3O3S. The number of sulfonamides is 1. The topological polar surface area (TPSA) is 80.3 Å². The Balaban J connectivity index is 1.61. The average molecular weight is 378 g/mol. The van der Waals surface area contributed by atoms with E-state index in [1.165, 1.54) is 0 Å². The van der Waals surface area contributed by atoms with Crippen molar-refractivity contribution in [2.24, 2.45) is 0 Å². The first kappa shape index (κ1) is 20.2. The van der Waals surface area contributed by atoms with Crippen molar-refractivity contribution in [2.75, 3.05) is 18.4 Å². The van der Waals surface area contributed by atoms with Gasteiger partial charge in [-0.2, -0.15) is 0 Å². The summed E-state index contributed by atoms with van der Waals surface area (Å²) in [5.41, 5.74) is 0.936. The van der Waals surface area contributed by atoms with E-state index < -0.39 is 10.0 Å². The molecule has 0 amide bonds. The number of rotatable bonds is 11.